The molecule has 1 aromatic carbocycles. The number of benzene rings is 1. The van der Waals surface area contributed by atoms with Gasteiger partial charge in [0, 0.05) is 13.2 Å². The zero-order valence-electron chi connectivity index (χ0n) is 12.2. The van der Waals surface area contributed by atoms with E-state index in [-0.39, 0.29) is 31.5 Å². The Morgan fingerprint density at radius 2 is 2.10 bits per heavy atom. The van der Waals surface area contributed by atoms with Gasteiger partial charge in [-0.15, -0.1) is 0 Å². The van der Waals surface area contributed by atoms with Gasteiger partial charge in [0.2, 0.25) is 0 Å². The molecule has 1 N–H and O–H groups in total. The lowest BCUT2D eigenvalue weighted by Crippen LogP contribution is -2.43. The van der Waals surface area contributed by atoms with Gasteiger partial charge in [0.05, 0.1) is 12.0 Å². The second-order valence-electron chi connectivity index (χ2n) is 5.29. The molecule has 4 nitrogen and oxygen atoms in total. The third-order valence-electron chi connectivity index (χ3n) is 3.86. The molecule has 2 rings (SSSR count). The number of esters is 1. The summed E-state index contributed by atoms with van der Waals surface area (Å²) in [6.45, 7) is 3.19. The highest BCUT2D eigenvalue weighted by molar-refractivity contribution is 5.72. The first-order chi connectivity index (χ1) is 9.72. The van der Waals surface area contributed by atoms with Gasteiger partial charge >= 0.3 is 5.97 Å². The molecule has 1 saturated heterocycles. The third kappa shape index (κ3) is 4.83. The Bertz CT molecular complexity index is 415. The van der Waals surface area contributed by atoms with E-state index < -0.39 is 0 Å². The topological polar surface area (TPSA) is 47.6 Å². The van der Waals surface area contributed by atoms with Crippen molar-refractivity contribution >= 4 is 5.97 Å². The summed E-state index contributed by atoms with van der Waals surface area (Å²) >= 11 is 0. The molecule has 1 heterocycles. The lowest BCUT2D eigenvalue weighted by molar-refractivity contribution is -0.154. The number of hydrogen-bond acceptors (Lipinski definition) is 4. The fourth-order valence-corrected chi connectivity index (χ4v) is 2.70. The number of carbonyl (C=O) groups excluding carboxylic acids is 1. The zero-order valence-corrected chi connectivity index (χ0v) is 12.2. The molecule has 0 saturated carbocycles. The van der Waals surface area contributed by atoms with E-state index in [0.717, 1.165) is 24.9 Å². The first-order valence-corrected chi connectivity index (χ1v) is 7.19. The van der Waals surface area contributed by atoms with E-state index in [9.17, 15) is 4.79 Å². The van der Waals surface area contributed by atoms with Crippen molar-refractivity contribution in [1.29, 1.82) is 0 Å². The Hall–Kier alpha value is -1.39. The lowest BCUT2D eigenvalue weighted by Gasteiger charge is -2.26. The molecule has 3 atom stereocenters. The molecule has 4 heteroatoms. The molecule has 21 heavy (non-hydrogen) atoms. The number of methoxy groups -OCH3 is 1. The van der Waals surface area contributed by atoms with E-state index in [1.807, 2.05) is 37.3 Å². The maximum Gasteiger partial charge on any atom is 0.311 e. The van der Waals surface area contributed by atoms with Crippen molar-refractivity contribution in [2.24, 2.45) is 5.92 Å². The van der Waals surface area contributed by atoms with Crippen molar-refractivity contribution < 1.29 is 14.3 Å². The Morgan fingerprint density at radius 3 is 2.67 bits per heavy atom. The molecule has 1 aliphatic rings. The highest BCUT2D eigenvalue weighted by Gasteiger charge is 2.33. The van der Waals surface area contributed by atoms with E-state index >= 15 is 0 Å². The van der Waals surface area contributed by atoms with Crippen LogP contribution in [0.3, 0.4) is 0 Å². The highest BCUT2D eigenvalue weighted by Crippen LogP contribution is 2.20. The van der Waals surface area contributed by atoms with Gasteiger partial charge in [0.1, 0.15) is 6.61 Å². The molecular weight excluding hydrogens is 266 g/mol. The standard InChI is InChI=1S/C16H23NO3.CH4/c1-12(15(19-2)14-9-6-10-17-14)16(18)20-11-13-7-4-3-5-8-13;/h3-5,7-8,12,14-15,17H,6,9-11H2,1-2H3;1H4/t12-,14+,15-;/m1./s1. The maximum absolute atomic E-state index is 12.1. The molecule has 0 amide bonds. The van der Waals surface area contributed by atoms with Gasteiger partial charge in [-0.2, -0.15) is 0 Å². The number of carbonyl (C=O) groups is 1. The summed E-state index contributed by atoms with van der Waals surface area (Å²) in [4.78, 5) is 12.1. The number of hydrogen-bond donors (Lipinski definition) is 1. The fourth-order valence-electron chi connectivity index (χ4n) is 2.70. The smallest absolute Gasteiger partial charge is 0.311 e. The van der Waals surface area contributed by atoms with E-state index in [0.29, 0.717) is 6.61 Å². The van der Waals surface area contributed by atoms with Gasteiger partial charge in [-0.1, -0.05) is 37.8 Å². The molecule has 0 bridgehead atoms. The molecule has 1 aliphatic heterocycles. The van der Waals surface area contributed by atoms with Crippen LogP contribution >= 0.6 is 0 Å². The average molecular weight is 293 g/mol. The van der Waals surface area contributed by atoms with Crippen molar-refractivity contribution in [3.63, 3.8) is 0 Å². The summed E-state index contributed by atoms with van der Waals surface area (Å²) < 4.78 is 10.9. The van der Waals surface area contributed by atoms with Crippen molar-refractivity contribution in [1.82, 2.24) is 5.32 Å². The van der Waals surface area contributed by atoms with Crippen molar-refractivity contribution in [3.05, 3.63) is 35.9 Å². The fraction of sp³-hybridized carbons (Fsp3) is 0.588. The largest absolute Gasteiger partial charge is 0.461 e. The van der Waals surface area contributed by atoms with Crippen molar-refractivity contribution in [2.75, 3.05) is 13.7 Å². The first-order valence-electron chi connectivity index (χ1n) is 7.19. The molecule has 0 unspecified atom stereocenters. The second-order valence-corrected chi connectivity index (χ2v) is 5.29. The van der Waals surface area contributed by atoms with Crippen molar-refractivity contribution in [2.45, 2.75) is 45.9 Å². The molecular formula is C17H27NO3. The first kappa shape index (κ1) is 17.7. The quantitative estimate of drug-likeness (QED) is 0.819. The second kappa shape index (κ2) is 8.80. The minimum Gasteiger partial charge on any atom is -0.461 e. The molecule has 0 aliphatic carbocycles. The van der Waals surface area contributed by atoms with Gasteiger partial charge in [-0.3, -0.25) is 4.79 Å². The average Bonchev–Trinajstić information content (AvgIpc) is 3.00. The molecule has 0 spiro atoms. The molecule has 0 aromatic heterocycles. The zero-order chi connectivity index (χ0) is 14.4. The third-order valence-corrected chi connectivity index (χ3v) is 3.86. The summed E-state index contributed by atoms with van der Waals surface area (Å²) in [7, 11) is 1.66. The summed E-state index contributed by atoms with van der Waals surface area (Å²) in [6, 6.07) is 9.97. The summed E-state index contributed by atoms with van der Waals surface area (Å²) in [6.07, 6.45) is 2.06. The number of nitrogens with one attached hydrogen (secondary N) is 1. The van der Waals surface area contributed by atoms with Gasteiger partial charge in [0.15, 0.2) is 0 Å². The van der Waals surface area contributed by atoms with Crippen LogP contribution in [0, 0.1) is 5.92 Å². The SMILES string of the molecule is C.CO[C@@H]([C@@H]1CCCN1)[C@@H](C)C(=O)OCc1ccccc1. The van der Waals surface area contributed by atoms with Crippen LogP contribution in [0.5, 0.6) is 0 Å². The van der Waals surface area contributed by atoms with Crippen LogP contribution in [0.2, 0.25) is 0 Å². The maximum atomic E-state index is 12.1. The number of rotatable bonds is 6. The van der Waals surface area contributed by atoms with Crippen LogP contribution in [0.4, 0.5) is 0 Å². The molecule has 0 radical (unpaired) electrons. The summed E-state index contributed by atoms with van der Waals surface area (Å²) in [5.41, 5.74) is 1.00. The molecule has 1 fully saturated rings. The van der Waals surface area contributed by atoms with Gasteiger partial charge < -0.3 is 14.8 Å². The van der Waals surface area contributed by atoms with Gasteiger partial charge in [-0.05, 0) is 31.9 Å². The van der Waals surface area contributed by atoms with E-state index in [1.165, 1.54) is 0 Å². The Morgan fingerprint density at radius 1 is 1.38 bits per heavy atom. The lowest BCUT2D eigenvalue weighted by atomic mass is 9.96. The molecule has 1 aromatic rings. The summed E-state index contributed by atoms with van der Waals surface area (Å²) in [5.74, 6) is -0.464. The van der Waals surface area contributed by atoms with Crippen LogP contribution in [-0.2, 0) is 20.9 Å². The highest BCUT2D eigenvalue weighted by atomic mass is 16.5. The van der Waals surface area contributed by atoms with Crippen LogP contribution in [0.15, 0.2) is 30.3 Å². The van der Waals surface area contributed by atoms with E-state index in [4.69, 9.17) is 9.47 Å². The number of ether oxygens (including phenoxy) is 2. The van der Waals surface area contributed by atoms with Gasteiger partial charge in [-0.25, -0.2) is 0 Å². The Labute approximate surface area is 127 Å². The minimum atomic E-state index is -0.265. The van der Waals surface area contributed by atoms with Crippen molar-refractivity contribution in [3.8, 4) is 0 Å². The van der Waals surface area contributed by atoms with Crippen LogP contribution in [0.25, 0.3) is 0 Å². The summed E-state index contributed by atoms with van der Waals surface area (Å²) in [5, 5.41) is 3.38. The van der Waals surface area contributed by atoms with E-state index in [1.54, 1.807) is 7.11 Å². The normalized spacial score (nSPS) is 20.4. The molecule has 118 valence electrons. The monoisotopic (exact) mass is 293 g/mol. The van der Waals surface area contributed by atoms with Crippen LogP contribution in [-0.4, -0.2) is 31.8 Å². The van der Waals surface area contributed by atoms with Crippen LogP contribution < -0.4 is 5.32 Å². The predicted octanol–water partition coefficient (Wildman–Crippen LogP) is 2.77. The Kier molecular flexibility index (Phi) is 7.40. The van der Waals surface area contributed by atoms with E-state index in [2.05, 4.69) is 5.32 Å². The minimum absolute atomic E-state index is 0. The van der Waals surface area contributed by atoms with Crippen LogP contribution in [0.1, 0.15) is 32.8 Å². The van der Waals surface area contributed by atoms with Gasteiger partial charge in [0.25, 0.3) is 0 Å². The predicted molar refractivity (Wildman–Crippen MR) is 84.0 cm³/mol. The Balaban J connectivity index is 0.00000220.